The van der Waals surface area contributed by atoms with Gasteiger partial charge in [-0.1, -0.05) is 17.3 Å². The number of hydrogen-bond acceptors (Lipinski definition) is 5. The van der Waals surface area contributed by atoms with Crippen molar-refractivity contribution < 1.29 is 13.7 Å². The number of hydrogen-bond donors (Lipinski definition) is 1. The van der Waals surface area contributed by atoms with Crippen LogP contribution in [0.25, 0.3) is 0 Å². The van der Waals surface area contributed by atoms with Gasteiger partial charge in [0.05, 0.1) is 12.2 Å². The fourth-order valence-corrected chi connectivity index (χ4v) is 3.03. The number of nitrogens with one attached hydrogen (secondary N) is 1. The van der Waals surface area contributed by atoms with Crippen molar-refractivity contribution in [1.29, 1.82) is 0 Å². The Morgan fingerprint density at radius 1 is 1.30 bits per heavy atom. The molecular formula is C19H26FN5O2. The average molecular weight is 375 g/mol. The van der Waals surface area contributed by atoms with Gasteiger partial charge >= 0.3 is 0 Å². The SMILES string of the molecule is CN=C(NCC(C)Oc1ccccc1F)N1CCN(Cc2ccon2)CC1. The molecule has 1 atom stereocenters. The minimum absolute atomic E-state index is 0.188. The van der Waals surface area contributed by atoms with Gasteiger partial charge in [-0.2, -0.15) is 0 Å². The third-order valence-corrected chi connectivity index (χ3v) is 4.47. The minimum Gasteiger partial charge on any atom is -0.486 e. The van der Waals surface area contributed by atoms with Gasteiger partial charge in [-0.3, -0.25) is 9.89 Å². The van der Waals surface area contributed by atoms with Crippen LogP contribution in [0.4, 0.5) is 4.39 Å². The molecule has 27 heavy (non-hydrogen) atoms. The first-order valence-electron chi connectivity index (χ1n) is 9.14. The zero-order valence-electron chi connectivity index (χ0n) is 15.8. The van der Waals surface area contributed by atoms with E-state index in [0.717, 1.165) is 44.4 Å². The summed E-state index contributed by atoms with van der Waals surface area (Å²) < 4.78 is 24.2. The van der Waals surface area contributed by atoms with E-state index in [1.165, 1.54) is 6.07 Å². The first-order valence-corrected chi connectivity index (χ1v) is 9.14. The highest BCUT2D eigenvalue weighted by atomic mass is 19.1. The summed E-state index contributed by atoms with van der Waals surface area (Å²) in [6.07, 6.45) is 1.41. The summed E-state index contributed by atoms with van der Waals surface area (Å²) >= 11 is 0. The van der Waals surface area contributed by atoms with Crippen LogP contribution in [0.15, 0.2) is 46.1 Å². The monoisotopic (exact) mass is 375 g/mol. The Bertz CT molecular complexity index is 729. The quantitative estimate of drug-likeness (QED) is 0.615. The van der Waals surface area contributed by atoms with Crippen molar-refractivity contribution in [3.63, 3.8) is 0 Å². The Kier molecular flexibility index (Phi) is 6.64. The van der Waals surface area contributed by atoms with Crippen LogP contribution in [0.1, 0.15) is 12.6 Å². The third-order valence-electron chi connectivity index (χ3n) is 4.47. The van der Waals surface area contributed by atoms with E-state index in [-0.39, 0.29) is 17.7 Å². The molecule has 0 aliphatic carbocycles. The molecule has 3 rings (SSSR count). The highest BCUT2D eigenvalue weighted by molar-refractivity contribution is 5.80. The molecule has 1 N–H and O–H groups in total. The highest BCUT2D eigenvalue weighted by Gasteiger charge is 2.20. The molecule has 1 aliphatic heterocycles. The van der Waals surface area contributed by atoms with E-state index < -0.39 is 0 Å². The largest absolute Gasteiger partial charge is 0.486 e. The first kappa shape index (κ1) is 19.2. The summed E-state index contributed by atoms with van der Waals surface area (Å²) in [7, 11) is 1.77. The van der Waals surface area contributed by atoms with Crippen LogP contribution in [-0.4, -0.2) is 66.8 Å². The third kappa shape index (κ3) is 5.43. The molecule has 0 radical (unpaired) electrons. The summed E-state index contributed by atoms with van der Waals surface area (Å²) in [4.78, 5) is 8.92. The Hall–Kier alpha value is -2.61. The van der Waals surface area contributed by atoms with Crippen molar-refractivity contribution in [3.05, 3.63) is 48.1 Å². The normalized spacial score (nSPS) is 17.0. The van der Waals surface area contributed by atoms with E-state index in [1.807, 2.05) is 13.0 Å². The van der Waals surface area contributed by atoms with Gasteiger partial charge in [-0.25, -0.2) is 4.39 Å². The molecule has 146 valence electrons. The van der Waals surface area contributed by atoms with Crippen LogP contribution in [-0.2, 0) is 6.54 Å². The standard InChI is InChI=1S/C19H26FN5O2/c1-15(27-18-6-4-3-5-17(18)20)13-22-19(21-2)25-10-8-24(9-11-25)14-16-7-12-26-23-16/h3-7,12,15H,8-11,13-14H2,1-2H3,(H,21,22). The Morgan fingerprint density at radius 3 is 2.74 bits per heavy atom. The van der Waals surface area contributed by atoms with Crippen LogP contribution < -0.4 is 10.1 Å². The number of para-hydroxylation sites is 1. The van der Waals surface area contributed by atoms with E-state index in [9.17, 15) is 4.39 Å². The van der Waals surface area contributed by atoms with Crippen LogP contribution in [0.5, 0.6) is 5.75 Å². The van der Waals surface area contributed by atoms with Gasteiger partial charge in [0.25, 0.3) is 0 Å². The van der Waals surface area contributed by atoms with Crippen molar-refractivity contribution in [2.45, 2.75) is 19.6 Å². The molecule has 2 aromatic rings. The van der Waals surface area contributed by atoms with Gasteiger partial charge in [0.2, 0.25) is 0 Å². The van der Waals surface area contributed by atoms with Crippen molar-refractivity contribution in [1.82, 2.24) is 20.3 Å². The molecule has 1 aromatic heterocycles. The summed E-state index contributed by atoms with van der Waals surface area (Å²) in [5.74, 6) is 0.750. The van der Waals surface area contributed by atoms with Crippen LogP contribution in [0.3, 0.4) is 0 Å². The van der Waals surface area contributed by atoms with Crippen LogP contribution in [0.2, 0.25) is 0 Å². The number of benzene rings is 1. The van der Waals surface area contributed by atoms with Gasteiger partial charge < -0.3 is 19.5 Å². The van der Waals surface area contributed by atoms with Gasteiger partial charge in [-0.15, -0.1) is 0 Å². The molecule has 7 nitrogen and oxygen atoms in total. The van der Waals surface area contributed by atoms with Crippen molar-refractivity contribution in [2.24, 2.45) is 4.99 Å². The second kappa shape index (κ2) is 9.36. The van der Waals surface area contributed by atoms with Gasteiger partial charge in [-0.05, 0) is 19.1 Å². The van der Waals surface area contributed by atoms with Crippen molar-refractivity contribution >= 4 is 5.96 Å². The fraction of sp³-hybridized carbons (Fsp3) is 0.474. The average Bonchev–Trinajstić information content (AvgIpc) is 3.18. The lowest BCUT2D eigenvalue weighted by Crippen LogP contribution is -2.53. The topological polar surface area (TPSA) is 66.1 Å². The van der Waals surface area contributed by atoms with E-state index in [2.05, 4.69) is 25.3 Å². The lowest BCUT2D eigenvalue weighted by atomic mass is 10.3. The number of guanidine groups is 1. The number of nitrogens with zero attached hydrogens (tertiary/aromatic N) is 4. The molecule has 1 fully saturated rings. The van der Waals surface area contributed by atoms with Crippen molar-refractivity contribution in [2.75, 3.05) is 39.8 Å². The summed E-state index contributed by atoms with van der Waals surface area (Å²) in [5.41, 5.74) is 0.949. The fourth-order valence-electron chi connectivity index (χ4n) is 3.03. The van der Waals surface area contributed by atoms with Gasteiger partial charge in [0.15, 0.2) is 17.5 Å². The predicted octanol–water partition coefficient (Wildman–Crippen LogP) is 1.97. The second-order valence-corrected chi connectivity index (χ2v) is 6.54. The summed E-state index contributed by atoms with van der Waals surface area (Å²) in [6, 6.07) is 8.33. The van der Waals surface area contributed by atoms with E-state index in [0.29, 0.717) is 6.54 Å². The second-order valence-electron chi connectivity index (χ2n) is 6.54. The Labute approximate surface area is 158 Å². The Morgan fingerprint density at radius 2 is 2.07 bits per heavy atom. The highest BCUT2D eigenvalue weighted by Crippen LogP contribution is 2.16. The smallest absolute Gasteiger partial charge is 0.193 e. The predicted molar refractivity (Wildman–Crippen MR) is 101 cm³/mol. The Balaban J connectivity index is 1.43. The zero-order valence-corrected chi connectivity index (χ0v) is 15.8. The number of aliphatic imine (C=N–C) groups is 1. The molecule has 1 unspecified atom stereocenters. The maximum absolute atomic E-state index is 13.7. The van der Waals surface area contributed by atoms with Crippen LogP contribution in [0, 0.1) is 5.82 Å². The molecule has 0 spiro atoms. The van der Waals surface area contributed by atoms with Crippen LogP contribution >= 0.6 is 0 Å². The number of ether oxygens (including phenoxy) is 1. The molecule has 0 amide bonds. The molecule has 1 saturated heterocycles. The zero-order chi connectivity index (χ0) is 19.1. The van der Waals surface area contributed by atoms with E-state index >= 15 is 0 Å². The van der Waals surface area contributed by atoms with E-state index in [1.54, 1.807) is 31.5 Å². The van der Waals surface area contributed by atoms with Crippen molar-refractivity contribution in [3.8, 4) is 5.75 Å². The maximum atomic E-state index is 13.7. The molecule has 2 heterocycles. The molecule has 8 heteroatoms. The van der Waals surface area contributed by atoms with Gasteiger partial charge in [0.1, 0.15) is 12.4 Å². The minimum atomic E-state index is -0.350. The number of aromatic nitrogens is 1. The summed E-state index contributed by atoms with van der Waals surface area (Å²) in [6.45, 7) is 6.84. The molecular weight excluding hydrogens is 349 g/mol. The van der Waals surface area contributed by atoms with Gasteiger partial charge in [0, 0.05) is 45.8 Å². The summed E-state index contributed by atoms with van der Waals surface area (Å²) in [5, 5.41) is 7.28. The number of piperazine rings is 1. The number of halogens is 1. The first-order chi connectivity index (χ1) is 13.2. The molecule has 1 aliphatic rings. The van der Waals surface area contributed by atoms with E-state index in [4.69, 9.17) is 9.26 Å². The molecule has 1 aromatic carbocycles. The molecule has 0 saturated carbocycles. The molecule has 0 bridgehead atoms. The lowest BCUT2D eigenvalue weighted by Gasteiger charge is -2.36. The number of rotatable bonds is 6. The maximum Gasteiger partial charge on any atom is 0.193 e. The lowest BCUT2D eigenvalue weighted by molar-refractivity contribution is 0.166.